The maximum atomic E-state index is 12.7. The highest BCUT2D eigenvalue weighted by atomic mass is 16.2. The molecular weight excluding hydrogens is 356 g/mol. The average Bonchev–Trinajstić information content (AvgIpc) is 3.34. The number of carbonyl (C=O) groups is 2. The number of rotatable bonds is 4. The van der Waals surface area contributed by atoms with Crippen molar-refractivity contribution in [3.05, 3.63) is 59.9 Å². The molecule has 8 heteroatoms. The van der Waals surface area contributed by atoms with Gasteiger partial charge in [0.05, 0.1) is 11.6 Å². The summed E-state index contributed by atoms with van der Waals surface area (Å²) in [5.74, 6) is -0.608. The predicted octanol–water partition coefficient (Wildman–Crippen LogP) is 2.27. The molecule has 2 aromatic carbocycles. The van der Waals surface area contributed by atoms with Crippen molar-refractivity contribution in [1.29, 1.82) is 0 Å². The minimum absolute atomic E-state index is 0.0395. The van der Waals surface area contributed by atoms with Gasteiger partial charge in [-0.1, -0.05) is 23.8 Å². The molecule has 0 radical (unpaired) electrons. The van der Waals surface area contributed by atoms with Crippen LogP contribution in [0.1, 0.15) is 17.5 Å². The Kier molecular flexibility index (Phi) is 4.60. The van der Waals surface area contributed by atoms with Gasteiger partial charge in [-0.2, -0.15) is 0 Å². The molecule has 1 aliphatic heterocycles. The van der Waals surface area contributed by atoms with E-state index < -0.39 is 5.92 Å². The number of anilines is 2. The summed E-state index contributed by atoms with van der Waals surface area (Å²) in [6.45, 7) is 4.31. The molecule has 1 saturated heterocycles. The molecule has 0 saturated carbocycles. The zero-order chi connectivity index (χ0) is 19.7. The molecule has 2 amide bonds. The molecule has 0 aliphatic carbocycles. The van der Waals surface area contributed by atoms with Crippen molar-refractivity contribution in [3.63, 3.8) is 0 Å². The smallest absolute Gasteiger partial charge is 0.229 e. The van der Waals surface area contributed by atoms with Crippen molar-refractivity contribution in [2.45, 2.75) is 20.3 Å². The quantitative estimate of drug-likeness (QED) is 0.754. The Balaban J connectivity index is 1.48. The first-order valence-corrected chi connectivity index (χ1v) is 9.03. The first-order chi connectivity index (χ1) is 13.5. The highest BCUT2D eigenvalue weighted by Crippen LogP contribution is 2.27. The van der Waals surface area contributed by atoms with Gasteiger partial charge in [0.25, 0.3) is 0 Å². The Bertz CT molecular complexity index is 1010. The highest BCUT2D eigenvalue weighted by Gasteiger charge is 2.35. The first-order valence-electron chi connectivity index (χ1n) is 9.03. The van der Waals surface area contributed by atoms with E-state index in [4.69, 9.17) is 0 Å². The molecule has 4 rings (SSSR count). The number of benzene rings is 2. The van der Waals surface area contributed by atoms with Crippen LogP contribution in [0.3, 0.4) is 0 Å². The van der Waals surface area contributed by atoms with Gasteiger partial charge >= 0.3 is 0 Å². The monoisotopic (exact) mass is 376 g/mol. The Morgan fingerprint density at radius 2 is 1.93 bits per heavy atom. The lowest BCUT2D eigenvalue weighted by Gasteiger charge is -2.17. The summed E-state index contributed by atoms with van der Waals surface area (Å²) in [6.07, 6.45) is 1.70. The van der Waals surface area contributed by atoms with E-state index in [9.17, 15) is 9.59 Å². The largest absolute Gasteiger partial charge is 0.326 e. The van der Waals surface area contributed by atoms with E-state index in [1.165, 1.54) is 6.33 Å². The number of aryl methyl sites for hydroxylation is 2. The second-order valence-corrected chi connectivity index (χ2v) is 6.99. The summed E-state index contributed by atoms with van der Waals surface area (Å²) in [4.78, 5) is 26.8. The van der Waals surface area contributed by atoms with Gasteiger partial charge in [-0.3, -0.25) is 9.59 Å². The van der Waals surface area contributed by atoms with E-state index in [2.05, 4.69) is 20.8 Å². The summed E-state index contributed by atoms with van der Waals surface area (Å²) in [5.41, 5.74) is 4.35. The van der Waals surface area contributed by atoms with Gasteiger partial charge in [-0.25, -0.2) is 4.68 Å². The lowest BCUT2D eigenvalue weighted by molar-refractivity contribution is -0.122. The molecule has 0 unspecified atom stereocenters. The first kappa shape index (κ1) is 17.8. The van der Waals surface area contributed by atoms with Crippen molar-refractivity contribution in [2.75, 3.05) is 16.8 Å². The number of tetrazole rings is 1. The second-order valence-electron chi connectivity index (χ2n) is 6.99. The van der Waals surface area contributed by atoms with Crippen molar-refractivity contribution in [2.24, 2.45) is 5.92 Å². The average molecular weight is 376 g/mol. The van der Waals surface area contributed by atoms with Gasteiger partial charge < -0.3 is 10.2 Å². The third-order valence-corrected chi connectivity index (χ3v) is 4.91. The minimum atomic E-state index is -0.397. The Morgan fingerprint density at radius 3 is 2.64 bits per heavy atom. The van der Waals surface area contributed by atoms with Gasteiger partial charge in [0.2, 0.25) is 11.8 Å². The standard InChI is InChI=1S/C20H20N6O2/c1-13-3-7-17(8-4-13)25-11-15(9-19(25)27)20(28)22-16-6-5-14(2)18(10-16)26-12-21-23-24-26/h3-8,10,12,15H,9,11H2,1-2H3,(H,22,28)/t15-/m0/s1. The topological polar surface area (TPSA) is 93.0 Å². The summed E-state index contributed by atoms with van der Waals surface area (Å²) in [7, 11) is 0. The van der Waals surface area contributed by atoms with Gasteiger partial charge in [-0.05, 0) is 54.1 Å². The van der Waals surface area contributed by atoms with E-state index in [-0.39, 0.29) is 18.2 Å². The van der Waals surface area contributed by atoms with Crippen LogP contribution in [-0.2, 0) is 9.59 Å². The molecule has 1 fully saturated rings. The molecule has 28 heavy (non-hydrogen) atoms. The lowest BCUT2D eigenvalue weighted by atomic mass is 10.1. The number of hydrogen-bond acceptors (Lipinski definition) is 5. The highest BCUT2D eigenvalue weighted by molar-refractivity contribution is 6.03. The Morgan fingerprint density at radius 1 is 1.14 bits per heavy atom. The zero-order valence-corrected chi connectivity index (χ0v) is 15.7. The van der Waals surface area contributed by atoms with Crippen molar-refractivity contribution < 1.29 is 9.59 Å². The molecule has 142 valence electrons. The van der Waals surface area contributed by atoms with E-state index in [1.54, 1.807) is 9.58 Å². The van der Waals surface area contributed by atoms with E-state index in [0.29, 0.717) is 12.2 Å². The minimum Gasteiger partial charge on any atom is -0.326 e. The van der Waals surface area contributed by atoms with Crippen LogP contribution in [-0.4, -0.2) is 38.6 Å². The maximum Gasteiger partial charge on any atom is 0.229 e. The van der Waals surface area contributed by atoms with Crippen molar-refractivity contribution in [1.82, 2.24) is 20.2 Å². The van der Waals surface area contributed by atoms with Gasteiger partial charge in [0, 0.05) is 24.3 Å². The van der Waals surface area contributed by atoms with Crippen molar-refractivity contribution >= 4 is 23.2 Å². The third kappa shape index (κ3) is 3.48. The molecular formula is C20H20N6O2. The number of carbonyl (C=O) groups excluding carboxylic acids is 2. The third-order valence-electron chi connectivity index (χ3n) is 4.91. The molecule has 0 bridgehead atoms. The summed E-state index contributed by atoms with van der Waals surface area (Å²) < 4.78 is 1.54. The van der Waals surface area contributed by atoms with Crippen LogP contribution in [0.15, 0.2) is 48.8 Å². The van der Waals surface area contributed by atoms with E-state index in [0.717, 1.165) is 22.5 Å². The van der Waals surface area contributed by atoms with E-state index >= 15 is 0 Å². The number of aromatic nitrogens is 4. The Hall–Kier alpha value is -3.55. The van der Waals surface area contributed by atoms with Crippen LogP contribution in [0.4, 0.5) is 11.4 Å². The van der Waals surface area contributed by atoms with Gasteiger partial charge in [0.15, 0.2) is 0 Å². The molecule has 3 aromatic rings. The molecule has 1 N–H and O–H groups in total. The molecule has 2 heterocycles. The van der Waals surface area contributed by atoms with Crippen LogP contribution in [0, 0.1) is 19.8 Å². The number of amides is 2. The van der Waals surface area contributed by atoms with Gasteiger partial charge in [0.1, 0.15) is 6.33 Å². The molecule has 8 nitrogen and oxygen atoms in total. The predicted molar refractivity (Wildman–Crippen MR) is 104 cm³/mol. The normalized spacial score (nSPS) is 16.4. The van der Waals surface area contributed by atoms with Gasteiger partial charge in [-0.15, -0.1) is 5.10 Å². The number of nitrogens with zero attached hydrogens (tertiary/aromatic N) is 5. The van der Waals surface area contributed by atoms with Crippen LogP contribution < -0.4 is 10.2 Å². The molecule has 1 aliphatic rings. The van der Waals surface area contributed by atoms with Crippen LogP contribution in [0.25, 0.3) is 5.69 Å². The second kappa shape index (κ2) is 7.22. The maximum absolute atomic E-state index is 12.7. The fourth-order valence-corrected chi connectivity index (χ4v) is 3.31. The number of nitrogens with one attached hydrogen (secondary N) is 1. The fraction of sp³-hybridized carbons (Fsp3) is 0.250. The Labute approximate surface area is 162 Å². The summed E-state index contributed by atoms with van der Waals surface area (Å²) >= 11 is 0. The summed E-state index contributed by atoms with van der Waals surface area (Å²) in [6, 6.07) is 13.3. The molecule has 1 aromatic heterocycles. The number of hydrogen-bond donors (Lipinski definition) is 1. The van der Waals surface area contributed by atoms with Crippen LogP contribution in [0.2, 0.25) is 0 Å². The SMILES string of the molecule is Cc1ccc(N2C[C@@H](C(=O)Nc3ccc(C)c(-n4cnnn4)c3)CC2=O)cc1. The zero-order valence-electron chi connectivity index (χ0n) is 15.7. The fourth-order valence-electron chi connectivity index (χ4n) is 3.31. The molecule has 1 atom stereocenters. The molecule has 0 spiro atoms. The lowest BCUT2D eigenvalue weighted by Crippen LogP contribution is -2.28. The summed E-state index contributed by atoms with van der Waals surface area (Å²) in [5, 5.41) is 14.1. The van der Waals surface area contributed by atoms with Crippen LogP contribution in [0.5, 0.6) is 0 Å². The van der Waals surface area contributed by atoms with Crippen LogP contribution >= 0.6 is 0 Å². The van der Waals surface area contributed by atoms with E-state index in [1.807, 2.05) is 56.3 Å². The van der Waals surface area contributed by atoms with Crippen molar-refractivity contribution in [3.8, 4) is 5.69 Å².